The van der Waals surface area contributed by atoms with E-state index in [0.29, 0.717) is 10.0 Å². The molecule has 0 radical (unpaired) electrons. The number of phenolic OH excluding ortho intramolecular Hbond substituents is 1. The van der Waals surface area contributed by atoms with Gasteiger partial charge in [0, 0.05) is 10.0 Å². The Bertz CT molecular complexity index is 407. The van der Waals surface area contributed by atoms with Crippen molar-refractivity contribution in [3.8, 4) is 5.75 Å². The van der Waals surface area contributed by atoms with Crippen LogP contribution in [-0.2, 0) is 0 Å². The summed E-state index contributed by atoms with van der Waals surface area (Å²) in [4.78, 5) is 14.1. The standard InChI is InChI=1S/C9H6BrNO2/c1-5(12)6-3-7(10)9(13)8(4-6)11-2/h3-4,13H,1H3. The fourth-order valence-corrected chi connectivity index (χ4v) is 1.32. The molecule has 1 N–H and O–H groups in total. The van der Waals surface area contributed by atoms with Crippen molar-refractivity contribution in [3.63, 3.8) is 0 Å². The summed E-state index contributed by atoms with van der Waals surface area (Å²) in [6.45, 7) is 8.16. The molecule has 0 saturated carbocycles. The highest BCUT2D eigenvalue weighted by atomic mass is 79.9. The van der Waals surface area contributed by atoms with E-state index in [0.717, 1.165) is 0 Å². The average molecular weight is 240 g/mol. The minimum absolute atomic E-state index is 0.0829. The number of ketones is 1. The highest BCUT2D eigenvalue weighted by Gasteiger charge is 2.09. The number of rotatable bonds is 1. The van der Waals surface area contributed by atoms with Crippen LogP contribution in [0.25, 0.3) is 4.85 Å². The fraction of sp³-hybridized carbons (Fsp3) is 0.111. The van der Waals surface area contributed by atoms with Crippen LogP contribution < -0.4 is 0 Å². The molecule has 66 valence electrons. The zero-order chi connectivity index (χ0) is 10.0. The Balaban J connectivity index is 3.41. The minimum Gasteiger partial charge on any atom is -0.518 e. The molecule has 0 heterocycles. The number of hydrogen-bond acceptors (Lipinski definition) is 2. The van der Waals surface area contributed by atoms with Crippen molar-refractivity contribution >= 4 is 27.4 Å². The van der Waals surface area contributed by atoms with Crippen molar-refractivity contribution in [1.82, 2.24) is 0 Å². The van der Waals surface area contributed by atoms with Gasteiger partial charge in [-0.25, -0.2) is 4.85 Å². The molecule has 0 bridgehead atoms. The van der Waals surface area contributed by atoms with Gasteiger partial charge >= 0.3 is 0 Å². The summed E-state index contributed by atoms with van der Waals surface area (Å²) in [6, 6.07) is 2.86. The monoisotopic (exact) mass is 239 g/mol. The van der Waals surface area contributed by atoms with E-state index in [4.69, 9.17) is 6.57 Å². The van der Waals surface area contributed by atoms with Crippen molar-refractivity contribution in [2.75, 3.05) is 0 Å². The van der Waals surface area contributed by atoms with E-state index in [1.165, 1.54) is 19.1 Å². The normalized spacial score (nSPS) is 9.31. The van der Waals surface area contributed by atoms with Crippen LogP contribution in [0.3, 0.4) is 0 Å². The van der Waals surface area contributed by atoms with Gasteiger partial charge < -0.3 is 5.11 Å². The lowest BCUT2D eigenvalue weighted by atomic mass is 10.1. The number of nitrogens with zero attached hydrogens (tertiary/aromatic N) is 1. The van der Waals surface area contributed by atoms with E-state index in [9.17, 15) is 9.90 Å². The molecule has 0 aliphatic carbocycles. The number of halogens is 1. The smallest absolute Gasteiger partial charge is 0.229 e. The second-order valence-electron chi connectivity index (χ2n) is 2.49. The Morgan fingerprint density at radius 1 is 1.62 bits per heavy atom. The molecule has 0 amide bonds. The van der Waals surface area contributed by atoms with Crippen LogP contribution in [0.2, 0.25) is 0 Å². The Hall–Kier alpha value is -1.34. The molecule has 0 aliphatic heterocycles. The van der Waals surface area contributed by atoms with Crippen molar-refractivity contribution in [3.05, 3.63) is 33.6 Å². The summed E-state index contributed by atoms with van der Waals surface area (Å²) in [7, 11) is 0. The van der Waals surface area contributed by atoms with Gasteiger partial charge in [0.25, 0.3) is 0 Å². The summed E-state index contributed by atoms with van der Waals surface area (Å²) in [5.74, 6) is -0.259. The SMILES string of the molecule is [C-]#[N+]c1cc(C(C)=O)cc(Br)c1O. The number of aromatic hydroxyl groups is 1. The van der Waals surface area contributed by atoms with Gasteiger partial charge in [0.1, 0.15) is 5.75 Å². The molecule has 1 aromatic rings. The van der Waals surface area contributed by atoms with Crippen LogP contribution in [0.4, 0.5) is 5.69 Å². The Morgan fingerprint density at radius 2 is 2.23 bits per heavy atom. The summed E-state index contributed by atoms with van der Waals surface area (Å²) >= 11 is 3.06. The lowest BCUT2D eigenvalue weighted by molar-refractivity contribution is 0.101. The van der Waals surface area contributed by atoms with E-state index >= 15 is 0 Å². The first-order valence-electron chi connectivity index (χ1n) is 3.47. The molecule has 1 aromatic carbocycles. The van der Waals surface area contributed by atoms with E-state index in [1.807, 2.05) is 0 Å². The topological polar surface area (TPSA) is 41.7 Å². The van der Waals surface area contributed by atoms with Gasteiger partial charge in [-0.15, -0.1) is 0 Å². The van der Waals surface area contributed by atoms with E-state index < -0.39 is 0 Å². The maximum atomic E-state index is 11.0. The highest BCUT2D eigenvalue weighted by molar-refractivity contribution is 9.10. The molecule has 0 aromatic heterocycles. The van der Waals surface area contributed by atoms with Crippen molar-refractivity contribution in [2.45, 2.75) is 6.92 Å². The second-order valence-corrected chi connectivity index (χ2v) is 3.35. The fourth-order valence-electron chi connectivity index (χ4n) is 0.873. The third-order valence-corrected chi connectivity index (χ3v) is 2.17. The van der Waals surface area contributed by atoms with Gasteiger partial charge in [0.05, 0.1) is 6.57 Å². The van der Waals surface area contributed by atoms with Gasteiger partial charge in [0.2, 0.25) is 5.69 Å². The Kier molecular flexibility index (Phi) is 2.69. The molecule has 3 nitrogen and oxygen atoms in total. The predicted molar refractivity (Wildman–Crippen MR) is 52.1 cm³/mol. The zero-order valence-corrected chi connectivity index (χ0v) is 8.42. The van der Waals surface area contributed by atoms with E-state index in [2.05, 4.69) is 20.8 Å². The lowest BCUT2D eigenvalue weighted by Crippen LogP contribution is -1.91. The number of phenols is 1. The van der Waals surface area contributed by atoms with Crippen LogP contribution in [0.5, 0.6) is 5.75 Å². The molecule has 0 fully saturated rings. The van der Waals surface area contributed by atoms with Crippen molar-refractivity contribution in [1.29, 1.82) is 0 Å². The zero-order valence-electron chi connectivity index (χ0n) is 6.84. The Labute approximate surface area is 84.0 Å². The van der Waals surface area contributed by atoms with Gasteiger partial charge in [-0.2, -0.15) is 0 Å². The minimum atomic E-state index is -0.134. The van der Waals surface area contributed by atoms with Crippen LogP contribution >= 0.6 is 15.9 Å². The van der Waals surface area contributed by atoms with E-state index in [-0.39, 0.29) is 17.2 Å². The van der Waals surface area contributed by atoms with Crippen molar-refractivity contribution in [2.24, 2.45) is 0 Å². The lowest BCUT2D eigenvalue weighted by Gasteiger charge is -2.02. The van der Waals surface area contributed by atoms with Crippen LogP contribution in [0, 0.1) is 6.57 Å². The third-order valence-electron chi connectivity index (χ3n) is 1.57. The quantitative estimate of drug-likeness (QED) is 0.605. The number of hydrogen-bond donors (Lipinski definition) is 1. The van der Waals surface area contributed by atoms with Crippen LogP contribution in [0.1, 0.15) is 17.3 Å². The maximum Gasteiger partial charge on any atom is 0.229 e. The first-order chi connectivity index (χ1) is 6.06. The first-order valence-corrected chi connectivity index (χ1v) is 4.26. The van der Waals surface area contributed by atoms with Crippen LogP contribution in [0.15, 0.2) is 16.6 Å². The summed E-state index contributed by atoms with van der Waals surface area (Å²) in [6.07, 6.45) is 0. The second kappa shape index (κ2) is 3.58. The first kappa shape index (κ1) is 9.75. The summed E-state index contributed by atoms with van der Waals surface area (Å²) in [5.41, 5.74) is 0.496. The molecular formula is C9H6BrNO2. The van der Waals surface area contributed by atoms with Gasteiger partial charge in [-0.05, 0) is 35.0 Å². The maximum absolute atomic E-state index is 11.0. The highest BCUT2D eigenvalue weighted by Crippen LogP contribution is 2.35. The molecule has 13 heavy (non-hydrogen) atoms. The number of benzene rings is 1. The molecule has 0 aliphatic rings. The molecule has 1 rings (SSSR count). The largest absolute Gasteiger partial charge is 0.518 e. The summed E-state index contributed by atoms with van der Waals surface area (Å²) in [5, 5.41) is 9.33. The third kappa shape index (κ3) is 1.87. The van der Waals surface area contributed by atoms with Gasteiger partial charge in [0.15, 0.2) is 5.78 Å². The van der Waals surface area contributed by atoms with E-state index in [1.54, 1.807) is 0 Å². The molecule has 4 heteroatoms. The van der Waals surface area contributed by atoms with Gasteiger partial charge in [-0.3, -0.25) is 4.79 Å². The van der Waals surface area contributed by atoms with Crippen LogP contribution in [-0.4, -0.2) is 10.9 Å². The average Bonchev–Trinajstić information content (AvgIpc) is 2.09. The Morgan fingerprint density at radius 3 is 2.69 bits per heavy atom. The molecule has 0 unspecified atom stereocenters. The molecule has 0 saturated heterocycles. The number of carbonyl (C=O) groups excluding carboxylic acids is 1. The van der Waals surface area contributed by atoms with Gasteiger partial charge in [-0.1, -0.05) is 0 Å². The molecule has 0 atom stereocenters. The molecular weight excluding hydrogens is 234 g/mol. The molecule has 0 spiro atoms. The number of carbonyl (C=O) groups is 1. The predicted octanol–water partition coefficient (Wildman–Crippen LogP) is 2.91. The van der Waals surface area contributed by atoms with Crippen molar-refractivity contribution < 1.29 is 9.90 Å². The summed E-state index contributed by atoms with van der Waals surface area (Å²) < 4.78 is 0.367. The number of Topliss-reactive ketones (excluding diaryl/α,β-unsaturated/α-hetero) is 1.